The lowest BCUT2D eigenvalue weighted by molar-refractivity contribution is 0.0391. The molecule has 31 heavy (non-hydrogen) atoms. The number of hydrogen-bond donors (Lipinski definition) is 1. The van der Waals surface area contributed by atoms with Crippen LogP contribution in [0.25, 0.3) is 11.0 Å². The van der Waals surface area contributed by atoms with E-state index < -0.39 is 0 Å². The molecule has 0 bridgehead atoms. The van der Waals surface area contributed by atoms with Crippen LogP contribution in [0.1, 0.15) is 32.2 Å². The molecule has 4 rings (SSSR count). The molecule has 0 atom stereocenters. The van der Waals surface area contributed by atoms with E-state index in [4.69, 9.17) is 4.74 Å². The van der Waals surface area contributed by atoms with Crippen LogP contribution in [-0.2, 0) is 11.3 Å². The molecule has 2 aromatic heterocycles. The zero-order chi connectivity index (χ0) is 22.1. The summed E-state index contributed by atoms with van der Waals surface area (Å²) in [6.45, 7) is 15.2. The number of nitrogens with one attached hydrogen (secondary N) is 1. The summed E-state index contributed by atoms with van der Waals surface area (Å²) in [5.74, 6) is 1.85. The minimum Gasteiger partial charge on any atom is -0.379 e. The van der Waals surface area contributed by atoms with Gasteiger partial charge in [0, 0.05) is 43.8 Å². The highest BCUT2D eigenvalue weighted by Gasteiger charge is 2.10. The second-order valence-electron chi connectivity index (χ2n) is 8.44. The summed E-state index contributed by atoms with van der Waals surface area (Å²) in [5.41, 5.74) is 3.34. The predicted octanol–water partition coefficient (Wildman–Crippen LogP) is 4.38. The monoisotopic (exact) mass is 441 g/mol. The molecule has 1 N–H and O–H groups in total. The third-order valence-corrected chi connectivity index (χ3v) is 5.69. The van der Waals surface area contributed by atoms with Gasteiger partial charge in [-0.1, -0.05) is 32.9 Å². The number of rotatable bonds is 7. The predicted molar refractivity (Wildman–Crippen MR) is 129 cm³/mol. The number of fused-ring (bicyclic) bond motifs is 1. The second kappa shape index (κ2) is 12.2. The third kappa shape index (κ3) is 7.61. The minimum atomic E-state index is 0.809. The number of pyridine rings is 1. The fourth-order valence-electron chi connectivity index (χ4n) is 3.30. The number of hydrogen-bond acceptors (Lipinski definition) is 6. The maximum atomic E-state index is 5.38. The van der Waals surface area contributed by atoms with E-state index in [1.165, 1.54) is 10.5 Å². The smallest absolute Gasteiger partial charge is 0.107 e. The van der Waals surface area contributed by atoms with Crippen LogP contribution < -0.4 is 4.72 Å². The van der Waals surface area contributed by atoms with Crippen molar-refractivity contribution in [2.24, 2.45) is 5.92 Å². The molecule has 3 aromatic rings. The molecule has 6 nitrogen and oxygen atoms in total. The van der Waals surface area contributed by atoms with Gasteiger partial charge in [-0.2, -0.15) is 0 Å². The number of aromatic nitrogens is 3. The van der Waals surface area contributed by atoms with Crippen LogP contribution in [0.5, 0.6) is 0 Å². The average molecular weight is 442 g/mol. The maximum absolute atomic E-state index is 5.38. The molecule has 7 heteroatoms. The standard InChI is InChI=1S/C20H25N5OS.C4H10/c1-16-23-19-6-7-21-14-20(19)25(16)15-17-2-4-18(5-3-17)27-22-8-9-24-10-12-26-13-11-24;1-4(2)3/h2-7,14,22H,8-13,15H2,1H3;4H,1-3H3. The largest absolute Gasteiger partial charge is 0.379 e. The zero-order valence-corrected chi connectivity index (χ0v) is 20.0. The number of benzene rings is 1. The third-order valence-electron chi connectivity index (χ3n) is 4.83. The minimum absolute atomic E-state index is 0.809. The van der Waals surface area contributed by atoms with E-state index in [0.717, 1.165) is 68.7 Å². The topological polar surface area (TPSA) is 55.2 Å². The fraction of sp³-hybridized carbons (Fsp3) is 0.500. The van der Waals surface area contributed by atoms with E-state index in [1.54, 1.807) is 18.1 Å². The Morgan fingerprint density at radius 1 is 1.10 bits per heavy atom. The van der Waals surface area contributed by atoms with Gasteiger partial charge in [-0.3, -0.25) is 14.6 Å². The SMILES string of the molecule is CC(C)C.Cc1nc2ccncc2n1Cc1ccc(SNCCN2CCOCC2)cc1. The first kappa shape index (κ1) is 23.7. The molecule has 0 aliphatic carbocycles. The molecule has 1 saturated heterocycles. The van der Waals surface area contributed by atoms with Crippen molar-refractivity contribution in [3.05, 3.63) is 54.1 Å². The van der Waals surface area contributed by atoms with E-state index in [1.807, 2.05) is 19.2 Å². The first-order valence-corrected chi connectivity index (χ1v) is 11.9. The summed E-state index contributed by atoms with van der Waals surface area (Å²) in [6.07, 6.45) is 3.68. The summed E-state index contributed by atoms with van der Waals surface area (Å²) >= 11 is 1.69. The highest BCUT2D eigenvalue weighted by molar-refractivity contribution is 7.97. The molecular weight excluding hydrogens is 406 g/mol. The van der Waals surface area contributed by atoms with Crippen molar-refractivity contribution < 1.29 is 4.74 Å². The van der Waals surface area contributed by atoms with Crippen molar-refractivity contribution in [3.63, 3.8) is 0 Å². The Morgan fingerprint density at radius 3 is 2.52 bits per heavy atom. The van der Waals surface area contributed by atoms with Crippen LogP contribution in [0.2, 0.25) is 0 Å². The van der Waals surface area contributed by atoms with Crippen molar-refractivity contribution in [1.29, 1.82) is 0 Å². The van der Waals surface area contributed by atoms with E-state index in [0.29, 0.717) is 0 Å². The van der Waals surface area contributed by atoms with Crippen molar-refractivity contribution in [2.75, 3.05) is 39.4 Å². The van der Waals surface area contributed by atoms with Crippen molar-refractivity contribution >= 4 is 23.0 Å². The molecule has 0 unspecified atom stereocenters. The van der Waals surface area contributed by atoms with Crippen LogP contribution in [-0.4, -0.2) is 58.8 Å². The van der Waals surface area contributed by atoms with Crippen LogP contribution in [0, 0.1) is 12.8 Å². The van der Waals surface area contributed by atoms with Crippen LogP contribution in [0.4, 0.5) is 0 Å². The normalized spacial score (nSPS) is 14.6. The van der Waals surface area contributed by atoms with Crippen LogP contribution in [0.3, 0.4) is 0 Å². The van der Waals surface area contributed by atoms with Gasteiger partial charge in [-0.05, 0) is 48.6 Å². The van der Waals surface area contributed by atoms with Gasteiger partial charge in [0.05, 0.1) is 30.4 Å². The summed E-state index contributed by atoms with van der Waals surface area (Å²) in [7, 11) is 0. The van der Waals surface area contributed by atoms with E-state index in [2.05, 4.69) is 69.2 Å². The van der Waals surface area contributed by atoms with Gasteiger partial charge in [-0.25, -0.2) is 4.98 Å². The molecular formula is C24H35N5OS. The maximum Gasteiger partial charge on any atom is 0.107 e. The molecule has 1 fully saturated rings. The zero-order valence-electron chi connectivity index (χ0n) is 19.2. The quantitative estimate of drug-likeness (QED) is 0.434. The molecule has 0 radical (unpaired) electrons. The first-order chi connectivity index (χ1) is 15.0. The van der Waals surface area contributed by atoms with Gasteiger partial charge >= 0.3 is 0 Å². The lowest BCUT2D eigenvalue weighted by atomic mass is 10.2. The highest BCUT2D eigenvalue weighted by atomic mass is 32.2. The summed E-state index contributed by atoms with van der Waals surface area (Å²) < 4.78 is 11.0. The van der Waals surface area contributed by atoms with Gasteiger partial charge in [-0.15, -0.1) is 0 Å². The van der Waals surface area contributed by atoms with Gasteiger partial charge in [0.1, 0.15) is 5.82 Å². The molecule has 1 aliphatic rings. The number of imidazole rings is 1. The second-order valence-corrected chi connectivity index (χ2v) is 9.40. The Labute approximate surface area is 190 Å². The highest BCUT2D eigenvalue weighted by Crippen LogP contribution is 2.19. The van der Waals surface area contributed by atoms with Crippen LogP contribution >= 0.6 is 11.9 Å². The van der Waals surface area contributed by atoms with Gasteiger partial charge < -0.3 is 9.30 Å². The molecule has 1 aromatic carbocycles. The first-order valence-electron chi connectivity index (χ1n) is 11.1. The van der Waals surface area contributed by atoms with Crippen molar-refractivity contribution in [1.82, 2.24) is 24.2 Å². The summed E-state index contributed by atoms with van der Waals surface area (Å²) in [6, 6.07) is 10.7. The number of nitrogens with zero attached hydrogens (tertiary/aromatic N) is 4. The molecule has 1 aliphatic heterocycles. The number of morpholine rings is 1. The Kier molecular flexibility index (Phi) is 9.33. The number of aryl methyl sites for hydroxylation is 1. The molecule has 3 heterocycles. The molecule has 0 spiro atoms. The average Bonchev–Trinajstić information content (AvgIpc) is 3.08. The molecule has 168 valence electrons. The molecule has 0 saturated carbocycles. The van der Waals surface area contributed by atoms with Gasteiger partial charge in [0.2, 0.25) is 0 Å². The number of ether oxygens (including phenoxy) is 1. The van der Waals surface area contributed by atoms with Gasteiger partial charge in [0.15, 0.2) is 0 Å². The van der Waals surface area contributed by atoms with Crippen molar-refractivity contribution in [2.45, 2.75) is 39.1 Å². The van der Waals surface area contributed by atoms with Crippen molar-refractivity contribution in [3.8, 4) is 0 Å². The lowest BCUT2D eigenvalue weighted by Crippen LogP contribution is -2.39. The summed E-state index contributed by atoms with van der Waals surface area (Å²) in [4.78, 5) is 12.5. The van der Waals surface area contributed by atoms with E-state index in [-0.39, 0.29) is 0 Å². The summed E-state index contributed by atoms with van der Waals surface area (Å²) in [5, 5.41) is 0. The Morgan fingerprint density at radius 2 is 1.81 bits per heavy atom. The fourth-order valence-corrected chi connectivity index (χ4v) is 3.93. The van der Waals surface area contributed by atoms with Gasteiger partial charge in [0.25, 0.3) is 0 Å². The Balaban J connectivity index is 0.000000628. The van der Waals surface area contributed by atoms with Crippen LogP contribution in [0.15, 0.2) is 47.6 Å². The Bertz CT molecular complexity index is 917. The molecule has 0 amide bonds. The van der Waals surface area contributed by atoms with E-state index in [9.17, 15) is 0 Å². The lowest BCUT2D eigenvalue weighted by Gasteiger charge is -2.26. The Hall–Kier alpha value is -1.93. The van der Waals surface area contributed by atoms with E-state index >= 15 is 0 Å².